The molecule has 0 bridgehead atoms. The molecule has 2 aromatic rings. The smallest absolute Gasteiger partial charge is 0.328 e. The van der Waals surface area contributed by atoms with E-state index in [9.17, 15) is 4.79 Å². The number of nitrogens with one attached hydrogen (secondary N) is 1. The molecular formula is C21H31N5O. The lowest BCUT2D eigenvalue weighted by molar-refractivity contribution is 0.238. The number of rotatable bonds is 4. The summed E-state index contributed by atoms with van der Waals surface area (Å²) in [7, 11) is 0. The molecule has 1 aliphatic heterocycles. The van der Waals surface area contributed by atoms with Gasteiger partial charge in [0, 0.05) is 38.8 Å². The van der Waals surface area contributed by atoms with Gasteiger partial charge in [-0.3, -0.25) is 4.90 Å². The minimum atomic E-state index is -0.0763. The van der Waals surface area contributed by atoms with Gasteiger partial charge in [-0.25, -0.2) is 14.3 Å². The number of carbonyl (C=O) groups is 1. The number of carbonyl (C=O) groups excluding carboxylic acids is 1. The molecule has 1 saturated heterocycles. The molecule has 1 N–H and O–H groups in total. The number of benzene rings is 1. The number of piperazine rings is 1. The number of para-hydroxylation sites is 2. The predicted octanol–water partition coefficient (Wildman–Crippen LogP) is 3.31. The molecule has 1 aromatic heterocycles. The van der Waals surface area contributed by atoms with Crippen LogP contribution < -0.4 is 10.2 Å². The van der Waals surface area contributed by atoms with Crippen molar-refractivity contribution in [2.45, 2.75) is 46.1 Å². The van der Waals surface area contributed by atoms with Gasteiger partial charge in [0.05, 0.1) is 11.0 Å². The molecule has 1 amide bonds. The molecule has 6 nitrogen and oxygen atoms in total. The molecule has 4 rings (SSSR count). The zero-order valence-electron chi connectivity index (χ0n) is 16.7. The SMILES string of the molecule is CC(C)(C)CCNC(=O)n1c(N2CCN(C3CC3)CC2)nc2ccccc21. The Morgan fingerprint density at radius 1 is 1.15 bits per heavy atom. The molecule has 2 heterocycles. The van der Waals surface area contributed by atoms with Crippen LogP contribution in [0.1, 0.15) is 40.0 Å². The lowest BCUT2D eigenvalue weighted by Gasteiger charge is -2.35. The predicted molar refractivity (Wildman–Crippen MR) is 109 cm³/mol. The van der Waals surface area contributed by atoms with Crippen LogP contribution in [0.3, 0.4) is 0 Å². The summed E-state index contributed by atoms with van der Waals surface area (Å²) >= 11 is 0. The zero-order chi connectivity index (χ0) is 19.0. The van der Waals surface area contributed by atoms with Gasteiger partial charge in [0.25, 0.3) is 0 Å². The van der Waals surface area contributed by atoms with E-state index in [1.165, 1.54) is 12.8 Å². The van der Waals surface area contributed by atoms with Crippen LogP contribution >= 0.6 is 0 Å². The fourth-order valence-electron chi connectivity index (χ4n) is 3.78. The molecule has 0 radical (unpaired) electrons. The normalized spacial score (nSPS) is 18.9. The van der Waals surface area contributed by atoms with Crippen molar-refractivity contribution < 1.29 is 4.79 Å². The fourth-order valence-corrected chi connectivity index (χ4v) is 3.78. The van der Waals surface area contributed by atoms with Crippen molar-refractivity contribution in [1.29, 1.82) is 0 Å². The quantitative estimate of drug-likeness (QED) is 0.898. The summed E-state index contributed by atoms with van der Waals surface area (Å²) in [5.41, 5.74) is 1.96. The van der Waals surface area contributed by atoms with Crippen LogP contribution in [-0.4, -0.2) is 59.2 Å². The Morgan fingerprint density at radius 3 is 2.52 bits per heavy atom. The van der Waals surface area contributed by atoms with Gasteiger partial charge in [0.2, 0.25) is 5.95 Å². The standard InChI is InChI=1S/C21H31N5O/c1-21(2,3)10-11-22-20(27)26-18-7-5-4-6-17(18)23-19(26)25-14-12-24(13-15-25)16-8-9-16/h4-7,16H,8-15H2,1-3H3,(H,22,27). The molecule has 2 aliphatic rings. The van der Waals surface area contributed by atoms with E-state index in [-0.39, 0.29) is 11.4 Å². The number of fused-ring (bicyclic) bond motifs is 1. The highest BCUT2D eigenvalue weighted by Gasteiger charge is 2.32. The van der Waals surface area contributed by atoms with Gasteiger partial charge < -0.3 is 10.2 Å². The number of hydrogen-bond acceptors (Lipinski definition) is 4. The number of anilines is 1. The minimum absolute atomic E-state index is 0.0763. The molecular weight excluding hydrogens is 338 g/mol. The molecule has 0 unspecified atom stereocenters. The Morgan fingerprint density at radius 2 is 1.85 bits per heavy atom. The Labute approximate surface area is 161 Å². The average molecular weight is 370 g/mol. The van der Waals surface area contributed by atoms with E-state index in [0.717, 1.165) is 55.6 Å². The first-order chi connectivity index (χ1) is 12.9. The third kappa shape index (κ3) is 4.10. The summed E-state index contributed by atoms with van der Waals surface area (Å²) in [5, 5.41) is 3.10. The van der Waals surface area contributed by atoms with Gasteiger partial charge in [0.15, 0.2) is 0 Å². The van der Waals surface area contributed by atoms with Crippen molar-refractivity contribution in [3.8, 4) is 0 Å². The minimum Gasteiger partial charge on any atom is -0.339 e. The Balaban J connectivity index is 1.55. The topological polar surface area (TPSA) is 53.4 Å². The summed E-state index contributed by atoms with van der Waals surface area (Å²) in [5.74, 6) is 0.778. The highest BCUT2D eigenvalue weighted by Crippen LogP contribution is 2.29. The Kier molecular flexibility index (Phi) is 4.84. The summed E-state index contributed by atoms with van der Waals surface area (Å²) in [4.78, 5) is 22.7. The second-order valence-electron chi connectivity index (χ2n) is 9.03. The molecule has 146 valence electrons. The third-order valence-electron chi connectivity index (χ3n) is 5.56. The third-order valence-corrected chi connectivity index (χ3v) is 5.56. The van der Waals surface area contributed by atoms with E-state index in [2.05, 4.69) is 35.9 Å². The van der Waals surface area contributed by atoms with Crippen LogP contribution in [0.15, 0.2) is 24.3 Å². The summed E-state index contributed by atoms with van der Waals surface area (Å²) < 4.78 is 1.77. The number of amides is 1. The number of nitrogens with zero attached hydrogens (tertiary/aromatic N) is 4. The van der Waals surface area contributed by atoms with Crippen LogP contribution in [0.25, 0.3) is 11.0 Å². The van der Waals surface area contributed by atoms with E-state index in [4.69, 9.17) is 4.98 Å². The maximum atomic E-state index is 13.0. The van der Waals surface area contributed by atoms with Crippen LogP contribution in [0.2, 0.25) is 0 Å². The van der Waals surface area contributed by atoms with Gasteiger partial charge in [0.1, 0.15) is 0 Å². The zero-order valence-corrected chi connectivity index (χ0v) is 16.7. The van der Waals surface area contributed by atoms with Crippen molar-refractivity contribution >= 4 is 23.0 Å². The molecule has 1 aliphatic carbocycles. The molecule has 0 spiro atoms. The van der Waals surface area contributed by atoms with Crippen molar-refractivity contribution in [3.63, 3.8) is 0 Å². The number of hydrogen-bond donors (Lipinski definition) is 1. The van der Waals surface area contributed by atoms with Crippen molar-refractivity contribution in [3.05, 3.63) is 24.3 Å². The molecule has 1 saturated carbocycles. The average Bonchev–Trinajstić information content (AvgIpc) is 3.40. The molecule has 1 aromatic carbocycles. The first kappa shape index (κ1) is 18.3. The molecule has 27 heavy (non-hydrogen) atoms. The van der Waals surface area contributed by atoms with E-state index >= 15 is 0 Å². The van der Waals surface area contributed by atoms with Crippen molar-refractivity contribution in [2.24, 2.45) is 5.41 Å². The van der Waals surface area contributed by atoms with Gasteiger partial charge in [-0.2, -0.15) is 0 Å². The van der Waals surface area contributed by atoms with Crippen LogP contribution in [-0.2, 0) is 0 Å². The molecule has 2 fully saturated rings. The van der Waals surface area contributed by atoms with E-state index in [1.807, 2.05) is 24.3 Å². The monoisotopic (exact) mass is 369 g/mol. The van der Waals surface area contributed by atoms with Crippen LogP contribution in [0.4, 0.5) is 10.7 Å². The summed E-state index contributed by atoms with van der Waals surface area (Å²) in [6.45, 7) is 11.2. The number of imidazole rings is 1. The van der Waals surface area contributed by atoms with E-state index < -0.39 is 0 Å². The second-order valence-corrected chi connectivity index (χ2v) is 9.03. The second kappa shape index (κ2) is 7.15. The Hall–Kier alpha value is -2.08. The van der Waals surface area contributed by atoms with E-state index in [1.54, 1.807) is 4.57 Å². The van der Waals surface area contributed by atoms with E-state index in [0.29, 0.717) is 6.54 Å². The fraction of sp³-hybridized carbons (Fsp3) is 0.619. The van der Waals surface area contributed by atoms with Gasteiger partial charge in [-0.15, -0.1) is 0 Å². The largest absolute Gasteiger partial charge is 0.339 e. The van der Waals surface area contributed by atoms with Gasteiger partial charge >= 0.3 is 6.03 Å². The highest BCUT2D eigenvalue weighted by atomic mass is 16.2. The summed E-state index contributed by atoms with van der Waals surface area (Å²) in [6, 6.07) is 8.64. The van der Waals surface area contributed by atoms with Crippen molar-refractivity contribution in [2.75, 3.05) is 37.6 Å². The summed E-state index contributed by atoms with van der Waals surface area (Å²) in [6.07, 6.45) is 3.63. The lowest BCUT2D eigenvalue weighted by atomic mass is 9.92. The first-order valence-electron chi connectivity index (χ1n) is 10.2. The maximum Gasteiger partial charge on any atom is 0.328 e. The van der Waals surface area contributed by atoms with Crippen molar-refractivity contribution in [1.82, 2.24) is 19.8 Å². The number of aromatic nitrogens is 2. The molecule has 6 heteroatoms. The van der Waals surface area contributed by atoms with Gasteiger partial charge in [-0.1, -0.05) is 32.9 Å². The van der Waals surface area contributed by atoms with Crippen LogP contribution in [0.5, 0.6) is 0 Å². The first-order valence-corrected chi connectivity index (χ1v) is 10.2. The van der Waals surface area contributed by atoms with Crippen LogP contribution in [0, 0.1) is 5.41 Å². The van der Waals surface area contributed by atoms with Gasteiger partial charge in [-0.05, 0) is 36.8 Å². The lowest BCUT2D eigenvalue weighted by Crippen LogP contribution is -2.48. The highest BCUT2D eigenvalue weighted by molar-refractivity contribution is 5.93. The molecule has 0 atom stereocenters. The maximum absolute atomic E-state index is 13.0. The Bertz CT molecular complexity index is 810.